The van der Waals surface area contributed by atoms with Crippen LogP contribution in [0.4, 0.5) is 11.6 Å². The highest BCUT2D eigenvalue weighted by molar-refractivity contribution is 7.99. The smallest absolute Gasteiger partial charge is 0.150 e. The summed E-state index contributed by atoms with van der Waals surface area (Å²) >= 11 is 7.69. The topological polar surface area (TPSA) is 112 Å². The van der Waals surface area contributed by atoms with Gasteiger partial charge in [-0.3, -0.25) is 4.68 Å². The number of nitrogens with two attached hydrogens (primary N) is 2. The van der Waals surface area contributed by atoms with E-state index in [1.54, 1.807) is 12.4 Å². The molecular weight excluding hydrogens is 420 g/mol. The van der Waals surface area contributed by atoms with Gasteiger partial charge in [0.15, 0.2) is 0 Å². The molecule has 156 valence electrons. The van der Waals surface area contributed by atoms with Crippen molar-refractivity contribution in [3.05, 3.63) is 47.1 Å². The Balaban J connectivity index is 1.29. The maximum atomic E-state index is 6.60. The van der Waals surface area contributed by atoms with Crippen LogP contribution in [-0.2, 0) is 6.54 Å². The lowest BCUT2D eigenvalue weighted by Gasteiger charge is -2.42. The number of halogens is 1. The van der Waals surface area contributed by atoms with E-state index in [4.69, 9.17) is 33.0 Å². The molecule has 1 spiro atoms. The highest BCUT2D eigenvalue weighted by atomic mass is 35.5. The molecule has 2 aliphatic rings. The summed E-state index contributed by atoms with van der Waals surface area (Å²) in [5, 5.41) is 5.64. The summed E-state index contributed by atoms with van der Waals surface area (Å²) in [4.78, 5) is 16.6. The van der Waals surface area contributed by atoms with Gasteiger partial charge in [-0.25, -0.2) is 15.0 Å². The van der Waals surface area contributed by atoms with Crippen molar-refractivity contribution >= 4 is 35.0 Å². The number of rotatable bonds is 3. The number of fused-ring (bicyclic) bond motifs is 1. The zero-order chi connectivity index (χ0) is 20.9. The van der Waals surface area contributed by atoms with Gasteiger partial charge in [-0.1, -0.05) is 23.4 Å². The van der Waals surface area contributed by atoms with Gasteiger partial charge >= 0.3 is 0 Å². The van der Waals surface area contributed by atoms with E-state index < -0.39 is 0 Å². The molecule has 10 heteroatoms. The molecule has 2 aliphatic heterocycles. The molecule has 3 aromatic heterocycles. The molecule has 5 rings (SSSR count). The number of piperidine rings is 1. The number of anilines is 2. The highest BCUT2D eigenvalue weighted by Crippen LogP contribution is 2.48. The standard InChI is InChI=1S/C20H23ClN8S/c1-12-19(25-10-15(27-12)30-14-3-6-24-18(23)16(14)21)28-8-4-20(5-9-28)11-29-13(17(20)22)2-7-26-29/h2-3,6-7,10,17H,4-5,8-9,11,22H2,1H3,(H2,23,24)/t17-/m0/s1. The van der Waals surface area contributed by atoms with E-state index >= 15 is 0 Å². The molecule has 0 amide bonds. The number of aryl methyl sites for hydroxylation is 1. The fourth-order valence-corrected chi connectivity index (χ4v) is 5.59. The van der Waals surface area contributed by atoms with Gasteiger partial charge in [0.25, 0.3) is 0 Å². The van der Waals surface area contributed by atoms with E-state index in [1.165, 1.54) is 11.8 Å². The third-order valence-corrected chi connectivity index (χ3v) is 7.72. The van der Waals surface area contributed by atoms with Gasteiger partial charge in [0.1, 0.15) is 16.7 Å². The van der Waals surface area contributed by atoms with Crippen molar-refractivity contribution in [1.82, 2.24) is 24.7 Å². The number of hydrogen-bond donors (Lipinski definition) is 2. The second-order valence-electron chi connectivity index (χ2n) is 7.97. The van der Waals surface area contributed by atoms with E-state index in [-0.39, 0.29) is 11.5 Å². The van der Waals surface area contributed by atoms with Crippen LogP contribution >= 0.6 is 23.4 Å². The summed E-state index contributed by atoms with van der Waals surface area (Å²) in [6, 6.07) is 3.92. The molecule has 0 aromatic carbocycles. The van der Waals surface area contributed by atoms with Crippen LogP contribution in [0.3, 0.4) is 0 Å². The van der Waals surface area contributed by atoms with Crippen LogP contribution in [0.2, 0.25) is 5.02 Å². The Morgan fingerprint density at radius 2 is 2.00 bits per heavy atom. The van der Waals surface area contributed by atoms with E-state index in [0.29, 0.717) is 10.8 Å². The van der Waals surface area contributed by atoms with Crippen molar-refractivity contribution in [1.29, 1.82) is 0 Å². The van der Waals surface area contributed by atoms with Crippen molar-refractivity contribution in [2.24, 2.45) is 11.1 Å². The second-order valence-corrected chi connectivity index (χ2v) is 9.41. The normalized spacial score (nSPS) is 20.0. The molecule has 30 heavy (non-hydrogen) atoms. The van der Waals surface area contributed by atoms with Crippen LogP contribution in [-0.4, -0.2) is 37.8 Å². The first-order valence-electron chi connectivity index (χ1n) is 9.90. The first-order valence-corrected chi connectivity index (χ1v) is 11.1. The average molecular weight is 443 g/mol. The number of pyridine rings is 1. The maximum absolute atomic E-state index is 6.60. The third kappa shape index (κ3) is 3.21. The summed E-state index contributed by atoms with van der Waals surface area (Å²) in [6.07, 6.45) is 7.30. The average Bonchev–Trinajstić information content (AvgIpc) is 3.28. The van der Waals surface area contributed by atoms with Crippen LogP contribution in [0.15, 0.2) is 40.6 Å². The SMILES string of the molecule is Cc1nc(Sc2ccnc(N)c2Cl)cnc1N1CCC2(CC1)Cn1nccc1[C@@H]2N. The van der Waals surface area contributed by atoms with Crippen molar-refractivity contribution in [2.45, 2.75) is 42.3 Å². The first-order chi connectivity index (χ1) is 14.5. The van der Waals surface area contributed by atoms with E-state index in [2.05, 4.69) is 19.7 Å². The molecular formula is C20H23ClN8S. The Morgan fingerprint density at radius 3 is 2.73 bits per heavy atom. The highest BCUT2D eigenvalue weighted by Gasteiger charge is 2.47. The van der Waals surface area contributed by atoms with Gasteiger partial charge in [0.2, 0.25) is 0 Å². The number of aromatic nitrogens is 5. The van der Waals surface area contributed by atoms with Crippen molar-refractivity contribution in [3.8, 4) is 0 Å². The molecule has 0 radical (unpaired) electrons. The minimum absolute atomic E-state index is 0.0469. The van der Waals surface area contributed by atoms with Gasteiger partial charge < -0.3 is 16.4 Å². The summed E-state index contributed by atoms with van der Waals surface area (Å²) < 4.78 is 2.06. The van der Waals surface area contributed by atoms with Crippen LogP contribution in [0.1, 0.15) is 30.3 Å². The molecule has 5 heterocycles. The van der Waals surface area contributed by atoms with Crippen molar-refractivity contribution in [3.63, 3.8) is 0 Å². The van der Waals surface area contributed by atoms with Gasteiger partial charge in [-0.2, -0.15) is 5.10 Å². The van der Waals surface area contributed by atoms with E-state index in [9.17, 15) is 0 Å². The molecule has 8 nitrogen and oxygen atoms in total. The predicted molar refractivity (Wildman–Crippen MR) is 118 cm³/mol. The Morgan fingerprint density at radius 1 is 1.20 bits per heavy atom. The lowest BCUT2D eigenvalue weighted by molar-refractivity contribution is 0.170. The molecule has 0 saturated carbocycles. The Bertz CT molecular complexity index is 1090. The zero-order valence-electron chi connectivity index (χ0n) is 16.6. The first kappa shape index (κ1) is 19.6. The van der Waals surface area contributed by atoms with Crippen LogP contribution < -0.4 is 16.4 Å². The van der Waals surface area contributed by atoms with Gasteiger partial charge in [-0.15, -0.1) is 0 Å². The van der Waals surface area contributed by atoms with Crippen LogP contribution in [0, 0.1) is 12.3 Å². The Kier molecular flexibility index (Phi) is 4.83. The summed E-state index contributed by atoms with van der Waals surface area (Å²) in [6.45, 7) is 4.72. The lowest BCUT2D eigenvalue weighted by Crippen LogP contribution is -2.45. The van der Waals surface area contributed by atoms with Gasteiger partial charge in [-0.05, 0) is 31.9 Å². The number of nitrogens with zero attached hydrogens (tertiary/aromatic N) is 6. The molecule has 3 aromatic rings. The van der Waals surface area contributed by atoms with Crippen molar-refractivity contribution in [2.75, 3.05) is 23.7 Å². The fraction of sp³-hybridized carbons (Fsp3) is 0.400. The summed E-state index contributed by atoms with van der Waals surface area (Å²) in [5.41, 5.74) is 14.5. The molecule has 0 bridgehead atoms. The molecule has 0 aliphatic carbocycles. The molecule has 1 atom stereocenters. The second kappa shape index (κ2) is 7.40. The van der Waals surface area contributed by atoms with E-state index in [0.717, 1.165) is 59.6 Å². The zero-order valence-corrected chi connectivity index (χ0v) is 18.2. The van der Waals surface area contributed by atoms with E-state index in [1.807, 2.05) is 25.3 Å². The summed E-state index contributed by atoms with van der Waals surface area (Å²) in [7, 11) is 0. The summed E-state index contributed by atoms with van der Waals surface area (Å²) in [5.74, 6) is 1.25. The monoisotopic (exact) mass is 442 g/mol. The molecule has 0 unspecified atom stereocenters. The third-order valence-electron chi connectivity index (χ3n) is 6.25. The predicted octanol–water partition coefficient (Wildman–Crippen LogP) is 3.06. The van der Waals surface area contributed by atoms with Crippen molar-refractivity contribution < 1.29 is 0 Å². The quantitative estimate of drug-likeness (QED) is 0.636. The Labute approximate surface area is 184 Å². The Hall–Kier alpha value is -2.36. The largest absolute Gasteiger partial charge is 0.382 e. The molecule has 4 N–H and O–H groups in total. The number of nitrogen functional groups attached to an aromatic ring is 1. The van der Waals surface area contributed by atoms with Gasteiger partial charge in [0, 0.05) is 42.3 Å². The fourth-order valence-electron chi connectivity index (χ4n) is 4.53. The maximum Gasteiger partial charge on any atom is 0.150 e. The minimum atomic E-state index is 0.0469. The lowest BCUT2D eigenvalue weighted by atomic mass is 9.73. The molecule has 1 fully saturated rings. The van der Waals surface area contributed by atoms with Crippen LogP contribution in [0.5, 0.6) is 0 Å². The number of hydrogen-bond acceptors (Lipinski definition) is 8. The van der Waals surface area contributed by atoms with Gasteiger partial charge in [0.05, 0.1) is 28.6 Å². The molecule has 1 saturated heterocycles. The van der Waals surface area contributed by atoms with Crippen LogP contribution in [0.25, 0.3) is 0 Å². The minimum Gasteiger partial charge on any atom is -0.382 e.